The van der Waals surface area contributed by atoms with E-state index in [1.165, 1.54) is 86.9 Å². The van der Waals surface area contributed by atoms with E-state index in [0.29, 0.717) is 0 Å². The standard InChI is InChI=1S/C48H54N4/c1-9-11-13-15-35-37-17-21-41(49-37)47(45-31(5)25-29(3)26-32(45)6)43-23-19-39(51-43)36(16-14-12-10-2)40-20-24-44(52-40)48(42-22-18-38(35)50-42)46-33(7)27-30(4)28-34(46)8/h17-28,49,51H,9-16H2,1-8H3. The van der Waals surface area contributed by atoms with Crippen molar-refractivity contribution in [2.24, 2.45) is 0 Å². The molecule has 4 nitrogen and oxygen atoms in total. The van der Waals surface area contributed by atoms with Gasteiger partial charge in [-0.1, -0.05) is 74.9 Å². The van der Waals surface area contributed by atoms with Crippen LogP contribution in [0.1, 0.15) is 120 Å². The van der Waals surface area contributed by atoms with Crippen LogP contribution < -0.4 is 0 Å². The minimum atomic E-state index is 0.960. The molecular formula is C48H54N4. The lowest BCUT2D eigenvalue weighted by atomic mass is 9.92. The van der Waals surface area contributed by atoms with Gasteiger partial charge in [0, 0.05) is 44.3 Å². The Balaban J connectivity index is 1.65. The van der Waals surface area contributed by atoms with Gasteiger partial charge in [0.15, 0.2) is 0 Å². The van der Waals surface area contributed by atoms with Crippen molar-refractivity contribution >= 4 is 46.4 Å². The second-order valence-corrected chi connectivity index (χ2v) is 15.2. The molecule has 0 saturated carbocycles. The average Bonchev–Trinajstić information content (AvgIpc) is 3.93. The van der Waals surface area contributed by atoms with E-state index < -0.39 is 0 Å². The highest BCUT2D eigenvalue weighted by atomic mass is 14.8. The molecule has 0 radical (unpaired) electrons. The fourth-order valence-corrected chi connectivity index (χ4v) is 8.63. The Bertz CT molecular complexity index is 2240. The third-order valence-corrected chi connectivity index (χ3v) is 10.9. The Morgan fingerprint density at radius 1 is 0.423 bits per heavy atom. The molecule has 0 aliphatic carbocycles. The van der Waals surface area contributed by atoms with Crippen LogP contribution in [-0.4, -0.2) is 19.9 Å². The molecule has 2 aromatic carbocycles. The number of benzene rings is 2. The third-order valence-electron chi connectivity index (χ3n) is 10.9. The summed E-state index contributed by atoms with van der Waals surface area (Å²) in [4.78, 5) is 18.9. The summed E-state index contributed by atoms with van der Waals surface area (Å²) in [6.07, 6.45) is 17.8. The zero-order valence-electron chi connectivity index (χ0n) is 32.5. The van der Waals surface area contributed by atoms with Gasteiger partial charge in [-0.3, -0.25) is 0 Å². The topological polar surface area (TPSA) is 57.4 Å². The lowest BCUT2D eigenvalue weighted by molar-refractivity contribution is 0.717. The molecule has 0 spiro atoms. The minimum absolute atomic E-state index is 0.960. The summed E-state index contributed by atoms with van der Waals surface area (Å²) in [5, 5.41) is 0. The minimum Gasteiger partial charge on any atom is -0.355 e. The molecule has 0 amide bonds. The Morgan fingerprint density at radius 2 is 0.788 bits per heavy atom. The zero-order chi connectivity index (χ0) is 36.5. The molecule has 7 rings (SSSR count). The maximum Gasteiger partial charge on any atom is 0.0738 e. The molecule has 8 bridgehead atoms. The number of unbranched alkanes of at least 4 members (excludes halogenated alkanes) is 4. The van der Waals surface area contributed by atoms with E-state index in [2.05, 4.69) is 138 Å². The van der Waals surface area contributed by atoms with Gasteiger partial charge in [-0.15, -0.1) is 0 Å². The first kappa shape index (κ1) is 35.4. The lowest BCUT2D eigenvalue weighted by Crippen LogP contribution is -1.97. The quantitative estimate of drug-likeness (QED) is 0.141. The molecule has 0 fully saturated rings. The monoisotopic (exact) mass is 686 g/mol. The molecule has 0 saturated heterocycles. The summed E-state index contributed by atoms with van der Waals surface area (Å²) in [7, 11) is 0. The van der Waals surface area contributed by atoms with Crippen LogP contribution in [0.25, 0.3) is 68.6 Å². The molecule has 2 aliphatic rings. The molecule has 5 aromatic rings. The number of nitrogens with zero attached hydrogens (tertiary/aromatic N) is 2. The number of hydrogen-bond donors (Lipinski definition) is 2. The molecule has 0 atom stereocenters. The Morgan fingerprint density at radius 3 is 1.19 bits per heavy atom. The number of aromatic nitrogens is 4. The Labute approximate surface area is 310 Å². The lowest BCUT2D eigenvalue weighted by Gasteiger charge is -2.13. The van der Waals surface area contributed by atoms with Crippen LogP contribution in [0.2, 0.25) is 0 Å². The molecule has 0 unspecified atom stereocenters. The zero-order valence-corrected chi connectivity index (χ0v) is 32.5. The Hall–Kier alpha value is -4.96. The summed E-state index contributed by atoms with van der Waals surface area (Å²) in [6, 6.07) is 18.3. The first-order valence-corrected chi connectivity index (χ1v) is 19.5. The van der Waals surface area contributed by atoms with Crippen LogP contribution in [0.4, 0.5) is 0 Å². The summed E-state index contributed by atoms with van der Waals surface area (Å²) in [6.45, 7) is 17.9. The van der Waals surface area contributed by atoms with Gasteiger partial charge in [0.05, 0.1) is 22.8 Å². The summed E-state index contributed by atoms with van der Waals surface area (Å²) in [5.41, 5.74) is 23.5. The number of fused-ring (bicyclic) bond motifs is 8. The van der Waals surface area contributed by atoms with Crippen LogP contribution in [-0.2, 0) is 12.8 Å². The van der Waals surface area contributed by atoms with Gasteiger partial charge >= 0.3 is 0 Å². The van der Waals surface area contributed by atoms with Crippen LogP contribution in [0, 0.1) is 41.5 Å². The predicted octanol–water partition coefficient (Wildman–Crippen LogP) is 13.3. The molecule has 3 aromatic heterocycles. The van der Waals surface area contributed by atoms with E-state index >= 15 is 0 Å². The van der Waals surface area contributed by atoms with E-state index in [4.69, 9.17) is 9.97 Å². The molecule has 5 heterocycles. The first-order chi connectivity index (χ1) is 25.2. The van der Waals surface area contributed by atoms with Crippen molar-refractivity contribution in [3.8, 4) is 22.3 Å². The normalized spacial score (nSPS) is 12.3. The highest BCUT2D eigenvalue weighted by Crippen LogP contribution is 2.39. The summed E-state index contributed by atoms with van der Waals surface area (Å²) < 4.78 is 0. The summed E-state index contributed by atoms with van der Waals surface area (Å²) >= 11 is 0. The number of aryl methyl sites for hydroxylation is 8. The fourth-order valence-electron chi connectivity index (χ4n) is 8.63. The van der Waals surface area contributed by atoms with Crippen molar-refractivity contribution < 1.29 is 0 Å². The predicted molar refractivity (Wildman–Crippen MR) is 225 cm³/mol. The van der Waals surface area contributed by atoms with E-state index in [1.54, 1.807) is 0 Å². The number of aromatic amines is 2. The van der Waals surface area contributed by atoms with Crippen LogP contribution in [0.3, 0.4) is 0 Å². The van der Waals surface area contributed by atoms with Crippen molar-refractivity contribution in [1.29, 1.82) is 0 Å². The van der Waals surface area contributed by atoms with E-state index in [1.807, 2.05) is 0 Å². The van der Waals surface area contributed by atoms with Gasteiger partial charge in [0.25, 0.3) is 0 Å². The molecule has 52 heavy (non-hydrogen) atoms. The second-order valence-electron chi connectivity index (χ2n) is 15.2. The molecule has 4 heteroatoms. The van der Waals surface area contributed by atoms with Gasteiger partial charge in [-0.25, -0.2) is 9.97 Å². The second kappa shape index (κ2) is 14.9. The van der Waals surface area contributed by atoms with Gasteiger partial charge in [0.1, 0.15) is 0 Å². The average molecular weight is 687 g/mol. The molecular weight excluding hydrogens is 633 g/mol. The van der Waals surface area contributed by atoms with Crippen LogP contribution >= 0.6 is 0 Å². The first-order valence-electron chi connectivity index (χ1n) is 19.5. The van der Waals surface area contributed by atoms with Crippen LogP contribution in [0.5, 0.6) is 0 Å². The highest BCUT2D eigenvalue weighted by molar-refractivity contribution is 5.97. The van der Waals surface area contributed by atoms with Crippen molar-refractivity contribution in [2.45, 2.75) is 107 Å². The highest BCUT2D eigenvalue weighted by Gasteiger charge is 2.21. The number of nitrogens with one attached hydrogen (secondary N) is 2. The van der Waals surface area contributed by atoms with E-state index in [-0.39, 0.29) is 0 Å². The van der Waals surface area contributed by atoms with Crippen molar-refractivity contribution in [2.75, 3.05) is 0 Å². The maximum absolute atomic E-state index is 5.48. The number of H-pyrrole nitrogens is 2. The molecule has 2 aliphatic heterocycles. The smallest absolute Gasteiger partial charge is 0.0738 e. The SMILES string of the molecule is CCCCCc1c2nc(c(-c3c(C)cc(C)cc3C)c3nc(c(CCCCC)c4ccc([nH]4)c(-c4c(C)cc(C)cc4C)c4ccc1[nH]4)C=C3)C=C2. The van der Waals surface area contributed by atoms with Gasteiger partial charge in [-0.2, -0.15) is 0 Å². The molecule has 2 N–H and O–H groups in total. The van der Waals surface area contributed by atoms with Gasteiger partial charge in [-0.05, 0) is 149 Å². The van der Waals surface area contributed by atoms with E-state index in [9.17, 15) is 0 Å². The van der Waals surface area contributed by atoms with E-state index in [0.717, 1.165) is 76.1 Å². The third kappa shape index (κ3) is 6.84. The largest absolute Gasteiger partial charge is 0.355 e. The van der Waals surface area contributed by atoms with Crippen LogP contribution in [0.15, 0.2) is 48.5 Å². The molecule has 266 valence electrons. The number of rotatable bonds is 10. The van der Waals surface area contributed by atoms with Crippen molar-refractivity contribution in [3.05, 3.63) is 116 Å². The number of hydrogen-bond acceptors (Lipinski definition) is 2. The van der Waals surface area contributed by atoms with Crippen molar-refractivity contribution in [1.82, 2.24) is 19.9 Å². The fraction of sp³-hybridized carbons (Fsp3) is 0.333. The van der Waals surface area contributed by atoms with Gasteiger partial charge in [0.2, 0.25) is 0 Å². The van der Waals surface area contributed by atoms with Crippen molar-refractivity contribution in [3.63, 3.8) is 0 Å². The van der Waals surface area contributed by atoms with Gasteiger partial charge < -0.3 is 9.97 Å². The summed E-state index contributed by atoms with van der Waals surface area (Å²) in [5.74, 6) is 0. The maximum atomic E-state index is 5.48. The Kier molecular flexibility index (Phi) is 10.2.